The largest absolute Gasteiger partial charge is 0.383 e. The maximum atomic E-state index is 7.56. The summed E-state index contributed by atoms with van der Waals surface area (Å²) in [5.74, 6) is 0.113. The van der Waals surface area contributed by atoms with E-state index in [4.69, 9.17) is 11.1 Å². The summed E-state index contributed by atoms with van der Waals surface area (Å²) in [6.45, 7) is 0. The van der Waals surface area contributed by atoms with Crippen LogP contribution in [0, 0.1) is 5.41 Å². The molecule has 1 aromatic heterocycles. The summed E-state index contributed by atoms with van der Waals surface area (Å²) in [6.07, 6.45) is 2.03. The van der Waals surface area contributed by atoms with E-state index in [0.29, 0.717) is 0 Å². The minimum absolute atomic E-state index is 0. The Labute approximate surface area is 143 Å². The molecule has 0 amide bonds. The normalized spacial score (nSPS) is 10.2. The molecule has 0 aliphatic heterocycles. The summed E-state index contributed by atoms with van der Waals surface area (Å²) >= 11 is 3.20. The van der Waals surface area contributed by atoms with E-state index >= 15 is 0 Å². The Morgan fingerprint density at radius 1 is 1.14 bits per heavy atom. The van der Waals surface area contributed by atoms with Crippen molar-refractivity contribution in [2.45, 2.75) is 4.21 Å². The molecule has 0 spiro atoms. The van der Waals surface area contributed by atoms with Gasteiger partial charge in [-0.2, -0.15) is 0 Å². The van der Waals surface area contributed by atoms with Gasteiger partial charge in [-0.15, -0.1) is 35.5 Å². The highest BCUT2D eigenvalue weighted by atomic mass is 35.5. The third-order valence-corrected chi connectivity index (χ3v) is 5.48. The highest BCUT2D eigenvalue weighted by Gasteiger charge is 2.10. The molecule has 0 saturated heterocycles. The van der Waals surface area contributed by atoms with E-state index in [1.165, 1.54) is 10.8 Å². The summed E-state index contributed by atoms with van der Waals surface area (Å²) in [4.78, 5) is 0.794. The van der Waals surface area contributed by atoms with Crippen molar-refractivity contribution >= 4 is 63.5 Å². The summed E-state index contributed by atoms with van der Waals surface area (Å²) in [5.41, 5.74) is 7.62. The smallest absolute Gasteiger partial charge is 0.133 e. The van der Waals surface area contributed by atoms with Gasteiger partial charge in [0, 0.05) is 5.69 Å². The molecular formula is C16H16ClN3S2. The molecule has 0 radical (unpaired) electrons. The lowest BCUT2D eigenvalue weighted by Gasteiger charge is -2.07. The number of hydrogen-bond acceptors (Lipinski definition) is 4. The zero-order valence-corrected chi connectivity index (χ0v) is 14.4. The number of thioether (sulfide) groups is 1. The molecule has 1 heterocycles. The maximum absolute atomic E-state index is 7.56. The highest BCUT2D eigenvalue weighted by molar-refractivity contribution is 8.00. The monoisotopic (exact) mass is 349 g/mol. The fourth-order valence-corrected chi connectivity index (χ4v) is 3.81. The van der Waals surface area contributed by atoms with Crippen molar-refractivity contribution in [2.24, 2.45) is 5.73 Å². The highest BCUT2D eigenvalue weighted by Crippen LogP contribution is 2.36. The second-order valence-electron chi connectivity index (χ2n) is 4.62. The molecule has 3 rings (SSSR count). The predicted octanol–water partition coefficient (Wildman–Crippen LogP) is 5.07. The molecule has 0 unspecified atom stereocenters. The summed E-state index contributed by atoms with van der Waals surface area (Å²) in [5, 5.41) is 13.4. The van der Waals surface area contributed by atoms with E-state index in [2.05, 4.69) is 35.6 Å². The summed E-state index contributed by atoms with van der Waals surface area (Å²) in [7, 11) is 0. The van der Waals surface area contributed by atoms with Crippen LogP contribution in [0.3, 0.4) is 0 Å². The minimum atomic E-state index is 0. The number of anilines is 2. The van der Waals surface area contributed by atoms with Gasteiger partial charge < -0.3 is 11.1 Å². The van der Waals surface area contributed by atoms with Gasteiger partial charge in [0.1, 0.15) is 5.84 Å². The summed E-state index contributed by atoms with van der Waals surface area (Å²) < 4.78 is 1.13. The average molecular weight is 350 g/mol. The van der Waals surface area contributed by atoms with Gasteiger partial charge in [-0.25, -0.2) is 0 Å². The molecule has 0 aliphatic rings. The lowest BCUT2D eigenvalue weighted by Crippen LogP contribution is -2.08. The summed E-state index contributed by atoms with van der Waals surface area (Å²) in [6, 6.07) is 16.5. The second-order valence-corrected chi connectivity index (χ2v) is 6.74. The molecule has 0 aliphatic carbocycles. The van der Waals surface area contributed by atoms with E-state index in [9.17, 15) is 0 Å². The number of nitrogens with two attached hydrogens (primary N) is 1. The molecule has 3 nitrogen and oxygen atoms in total. The van der Waals surface area contributed by atoms with Crippen molar-refractivity contribution < 1.29 is 0 Å². The van der Waals surface area contributed by atoms with Crippen LogP contribution in [0.4, 0.5) is 11.4 Å². The quantitative estimate of drug-likeness (QED) is 0.350. The molecule has 4 N–H and O–H groups in total. The number of benzene rings is 2. The Balaban J connectivity index is 0.00000176. The molecule has 22 heavy (non-hydrogen) atoms. The van der Waals surface area contributed by atoms with Crippen LogP contribution in [0.25, 0.3) is 10.8 Å². The molecule has 0 bridgehead atoms. The van der Waals surface area contributed by atoms with Crippen LogP contribution >= 0.6 is 35.5 Å². The number of hydrogen-bond donors (Lipinski definition) is 3. The molecule has 114 valence electrons. The molecule has 3 aromatic rings. The molecule has 0 saturated carbocycles. The maximum Gasteiger partial charge on any atom is 0.133 e. The third kappa shape index (κ3) is 3.38. The first-order chi connectivity index (χ1) is 10.2. The van der Waals surface area contributed by atoms with E-state index in [1.807, 2.05) is 24.5 Å². The van der Waals surface area contributed by atoms with Gasteiger partial charge >= 0.3 is 0 Å². The van der Waals surface area contributed by atoms with Gasteiger partial charge in [0.15, 0.2) is 0 Å². The van der Waals surface area contributed by atoms with Crippen molar-refractivity contribution in [3.63, 3.8) is 0 Å². The van der Waals surface area contributed by atoms with Crippen LogP contribution in [0.2, 0.25) is 0 Å². The number of amidine groups is 1. The molecule has 0 fully saturated rings. The van der Waals surface area contributed by atoms with Gasteiger partial charge in [-0.1, -0.05) is 30.3 Å². The lowest BCUT2D eigenvalue weighted by molar-refractivity contribution is 1.45. The molecule has 0 atom stereocenters. The van der Waals surface area contributed by atoms with E-state index < -0.39 is 0 Å². The minimum Gasteiger partial charge on any atom is -0.383 e. The van der Waals surface area contributed by atoms with Gasteiger partial charge in [0.2, 0.25) is 0 Å². The molecule has 6 heteroatoms. The van der Waals surface area contributed by atoms with E-state index in [1.54, 1.807) is 23.1 Å². The van der Waals surface area contributed by atoms with Crippen LogP contribution in [0.1, 0.15) is 4.88 Å². The van der Waals surface area contributed by atoms with Gasteiger partial charge in [-0.05, 0) is 35.2 Å². The van der Waals surface area contributed by atoms with Crippen LogP contribution in [-0.4, -0.2) is 12.1 Å². The third-order valence-electron chi connectivity index (χ3n) is 3.18. The predicted molar refractivity (Wildman–Crippen MR) is 102 cm³/mol. The first kappa shape index (κ1) is 16.7. The van der Waals surface area contributed by atoms with E-state index in [0.717, 1.165) is 20.5 Å². The zero-order chi connectivity index (χ0) is 14.8. The van der Waals surface area contributed by atoms with Crippen molar-refractivity contribution in [3.8, 4) is 0 Å². The molecular weight excluding hydrogens is 334 g/mol. The average Bonchev–Trinajstić information content (AvgIpc) is 2.90. The van der Waals surface area contributed by atoms with Crippen LogP contribution in [-0.2, 0) is 0 Å². The number of nitrogens with one attached hydrogen (secondary N) is 2. The van der Waals surface area contributed by atoms with Gasteiger partial charge in [0.25, 0.3) is 0 Å². The Morgan fingerprint density at radius 3 is 2.55 bits per heavy atom. The topological polar surface area (TPSA) is 61.9 Å². The standard InChI is InChI=1S/C16H15N3S2.ClH/c1-20-16-13(9-14(21-16)15(17)18)19-12-7-6-10-4-2-3-5-11(10)8-12;/h2-9,19H,1H3,(H3,17,18);1H. The number of fused-ring (bicyclic) bond motifs is 1. The Hall–Kier alpha value is -1.69. The van der Waals surface area contributed by atoms with Crippen molar-refractivity contribution in [3.05, 3.63) is 53.4 Å². The fourth-order valence-electron chi connectivity index (χ4n) is 2.17. The van der Waals surface area contributed by atoms with Crippen LogP contribution in [0.15, 0.2) is 52.7 Å². The van der Waals surface area contributed by atoms with Crippen LogP contribution in [0.5, 0.6) is 0 Å². The van der Waals surface area contributed by atoms with Crippen molar-refractivity contribution in [2.75, 3.05) is 11.6 Å². The van der Waals surface area contributed by atoms with Crippen LogP contribution < -0.4 is 11.1 Å². The van der Waals surface area contributed by atoms with Gasteiger partial charge in [-0.3, -0.25) is 5.41 Å². The first-order valence-electron chi connectivity index (χ1n) is 6.45. The number of thiophene rings is 1. The molecule has 2 aromatic carbocycles. The van der Waals surface area contributed by atoms with Gasteiger partial charge in [0.05, 0.1) is 14.8 Å². The van der Waals surface area contributed by atoms with Crippen molar-refractivity contribution in [1.82, 2.24) is 0 Å². The number of halogens is 1. The second kappa shape index (κ2) is 7.05. The Bertz CT molecular complexity index is 814. The Morgan fingerprint density at radius 2 is 1.86 bits per heavy atom. The number of nitrogen functional groups attached to an aromatic ring is 1. The number of rotatable bonds is 4. The van der Waals surface area contributed by atoms with Crippen molar-refractivity contribution in [1.29, 1.82) is 5.41 Å². The van der Waals surface area contributed by atoms with E-state index in [-0.39, 0.29) is 18.2 Å². The fraction of sp³-hybridized carbons (Fsp3) is 0.0625. The SMILES string of the molecule is CSc1sc(C(=N)N)cc1Nc1ccc2ccccc2c1.Cl. The Kier molecular flexibility index (Phi) is 5.34. The zero-order valence-electron chi connectivity index (χ0n) is 11.9. The lowest BCUT2D eigenvalue weighted by atomic mass is 10.1. The first-order valence-corrected chi connectivity index (χ1v) is 8.49.